The highest BCUT2D eigenvalue weighted by Crippen LogP contribution is 2.27. The predicted molar refractivity (Wildman–Crippen MR) is 50.0 cm³/mol. The third-order valence-electron chi connectivity index (χ3n) is 1.57. The van der Waals surface area contributed by atoms with E-state index in [-0.39, 0.29) is 0 Å². The molecule has 11 heavy (non-hydrogen) atoms. The van der Waals surface area contributed by atoms with Gasteiger partial charge in [0.25, 0.3) is 0 Å². The summed E-state index contributed by atoms with van der Waals surface area (Å²) in [7, 11) is 0. The second kappa shape index (κ2) is 3.22. The summed E-state index contributed by atoms with van der Waals surface area (Å²) in [6, 6.07) is 0. The molecule has 0 saturated heterocycles. The minimum Gasteiger partial charge on any atom is -0.389 e. The van der Waals surface area contributed by atoms with Crippen molar-refractivity contribution in [1.82, 2.24) is 4.98 Å². The number of nitrogens with two attached hydrogens (primary N) is 1. The fourth-order valence-corrected chi connectivity index (χ4v) is 1.88. The molecule has 2 nitrogen and oxygen atoms in total. The van der Waals surface area contributed by atoms with Crippen molar-refractivity contribution in [2.75, 3.05) is 5.73 Å². The lowest BCUT2D eigenvalue weighted by Gasteiger charge is -1.98. The number of rotatable bonds is 2. The molecule has 0 radical (unpaired) electrons. The standard InChI is InChI=1S/C8H14N2S/c1-4-6-10-7(5(2)3)8(9)11-6/h5H,4,9H2,1-3H3. The van der Waals surface area contributed by atoms with E-state index in [4.69, 9.17) is 5.73 Å². The van der Waals surface area contributed by atoms with Crippen molar-refractivity contribution in [3.8, 4) is 0 Å². The number of nitrogens with zero attached hydrogens (tertiary/aromatic N) is 1. The zero-order chi connectivity index (χ0) is 8.43. The summed E-state index contributed by atoms with van der Waals surface area (Å²) in [5.41, 5.74) is 6.84. The summed E-state index contributed by atoms with van der Waals surface area (Å²) in [6.45, 7) is 6.33. The van der Waals surface area contributed by atoms with Crippen LogP contribution in [-0.4, -0.2) is 4.98 Å². The summed E-state index contributed by atoms with van der Waals surface area (Å²) in [6.07, 6.45) is 0.988. The zero-order valence-corrected chi connectivity index (χ0v) is 8.03. The maximum atomic E-state index is 5.77. The van der Waals surface area contributed by atoms with E-state index in [2.05, 4.69) is 25.8 Å². The second-order valence-electron chi connectivity index (χ2n) is 2.87. The highest BCUT2D eigenvalue weighted by atomic mass is 32.1. The van der Waals surface area contributed by atoms with Gasteiger partial charge in [-0.05, 0) is 12.3 Å². The second-order valence-corrected chi connectivity index (χ2v) is 3.98. The van der Waals surface area contributed by atoms with E-state index < -0.39 is 0 Å². The monoisotopic (exact) mass is 170 g/mol. The van der Waals surface area contributed by atoms with Gasteiger partial charge in [0.15, 0.2) is 0 Å². The first-order chi connectivity index (χ1) is 5.15. The Morgan fingerprint density at radius 3 is 2.45 bits per heavy atom. The molecule has 1 aromatic heterocycles. The fourth-order valence-electron chi connectivity index (χ4n) is 0.956. The zero-order valence-electron chi connectivity index (χ0n) is 7.22. The molecule has 0 fully saturated rings. The number of aryl methyl sites for hydroxylation is 1. The van der Waals surface area contributed by atoms with Gasteiger partial charge in [-0.25, -0.2) is 4.98 Å². The molecule has 0 aliphatic rings. The van der Waals surface area contributed by atoms with Gasteiger partial charge >= 0.3 is 0 Å². The summed E-state index contributed by atoms with van der Waals surface area (Å²) in [5.74, 6) is 0.451. The van der Waals surface area contributed by atoms with Gasteiger partial charge in [-0.2, -0.15) is 0 Å². The Kier molecular flexibility index (Phi) is 2.49. The molecule has 1 rings (SSSR count). The van der Waals surface area contributed by atoms with Gasteiger partial charge in [0.2, 0.25) is 0 Å². The molecule has 0 amide bonds. The van der Waals surface area contributed by atoms with E-state index in [0.29, 0.717) is 5.92 Å². The van der Waals surface area contributed by atoms with E-state index in [9.17, 15) is 0 Å². The van der Waals surface area contributed by atoms with Crippen LogP contribution in [0.1, 0.15) is 37.4 Å². The minimum absolute atomic E-state index is 0.451. The number of anilines is 1. The number of nitrogen functional groups attached to an aromatic ring is 1. The lowest BCUT2D eigenvalue weighted by Crippen LogP contribution is -1.93. The molecule has 0 unspecified atom stereocenters. The molecule has 1 aromatic rings. The molecule has 0 aromatic carbocycles. The Morgan fingerprint density at radius 1 is 1.55 bits per heavy atom. The minimum atomic E-state index is 0.451. The lowest BCUT2D eigenvalue weighted by molar-refractivity contribution is 0.826. The van der Waals surface area contributed by atoms with Gasteiger partial charge < -0.3 is 5.73 Å². The quantitative estimate of drug-likeness (QED) is 0.740. The Balaban J connectivity index is 2.97. The molecule has 2 N–H and O–H groups in total. The number of thiazole rings is 1. The lowest BCUT2D eigenvalue weighted by atomic mass is 10.1. The largest absolute Gasteiger partial charge is 0.389 e. The summed E-state index contributed by atoms with van der Waals surface area (Å²) < 4.78 is 0. The Morgan fingerprint density at radius 2 is 2.18 bits per heavy atom. The molecule has 0 atom stereocenters. The molecule has 0 aliphatic carbocycles. The van der Waals surface area contributed by atoms with Gasteiger partial charge in [0.05, 0.1) is 10.7 Å². The first kappa shape index (κ1) is 8.53. The van der Waals surface area contributed by atoms with Gasteiger partial charge in [-0.15, -0.1) is 11.3 Å². The van der Waals surface area contributed by atoms with Crippen molar-refractivity contribution >= 4 is 16.3 Å². The first-order valence-electron chi connectivity index (χ1n) is 3.90. The SMILES string of the molecule is CCc1nc(C(C)C)c(N)s1. The summed E-state index contributed by atoms with van der Waals surface area (Å²) in [4.78, 5) is 4.42. The van der Waals surface area contributed by atoms with E-state index in [1.807, 2.05) is 0 Å². The average Bonchev–Trinajstić information content (AvgIpc) is 2.30. The van der Waals surface area contributed by atoms with Crippen molar-refractivity contribution in [2.24, 2.45) is 0 Å². The van der Waals surface area contributed by atoms with Crippen LogP contribution in [0.15, 0.2) is 0 Å². The third kappa shape index (κ3) is 1.71. The first-order valence-corrected chi connectivity index (χ1v) is 4.71. The van der Waals surface area contributed by atoms with Crippen molar-refractivity contribution < 1.29 is 0 Å². The van der Waals surface area contributed by atoms with E-state index in [1.54, 1.807) is 11.3 Å². The van der Waals surface area contributed by atoms with Crippen LogP contribution in [0.5, 0.6) is 0 Å². The van der Waals surface area contributed by atoms with Crippen molar-refractivity contribution in [1.29, 1.82) is 0 Å². The van der Waals surface area contributed by atoms with Crippen LogP contribution in [-0.2, 0) is 6.42 Å². The molecule has 0 spiro atoms. The van der Waals surface area contributed by atoms with Crippen molar-refractivity contribution in [2.45, 2.75) is 33.1 Å². The molecular weight excluding hydrogens is 156 g/mol. The highest BCUT2D eigenvalue weighted by Gasteiger charge is 2.09. The highest BCUT2D eigenvalue weighted by molar-refractivity contribution is 7.15. The van der Waals surface area contributed by atoms with E-state index >= 15 is 0 Å². The Labute approximate surface area is 71.5 Å². The topological polar surface area (TPSA) is 38.9 Å². The van der Waals surface area contributed by atoms with Crippen LogP contribution >= 0.6 is 11.3 Å². The Bertz CT molecular complexity index is 240. The smallest absolute Gasteiger partial charge is 0.110 e. The van der Waals surface area contributed by atoms with Crippen molar-refractivity contribution in [3.63, 3.8) is 0 Å². The van der Waals surface area contributed by atoms with Crippen LogP contribution < -0.4 is 5.73 Å². The molecule has 1 heterocycles. The normalized spacial score (nSPS) is 10.9. The molecule has 62 valence electrons. The Hall–Kier alpha value is -0.570. The maximum absolute atomic E-state index is 5.77. The third-order valence-corrected chi connectivity index (χ3v) is 2.62. The van der Waals surface area contributed by atoms with Crippen LogP contribution in [0.2, 0.25) is 0 Å². The molecular formula is C8H14N2S. The number of hydrogen-bond donors (Lipinski definition) is 1. The molecule has 3 heteroatoms. The summed E-state index contributed by atoms with van der Waals surface area (Å²) >= 11 is 1.61. The van der Waals surface area contributed by atoms with E-state index in [1.165, 1.54) is 0 Å². The van der Waals surface area contributed by atoms with Gasteiger partial charge in [0.1, 0.15) is 5.00 Å². The van der Waals surface area contributed by atoms with E-state index in [0.717, 1.165) is 22.1 Å². The van der Waals surface area contributed by atoms with Crippen LogP contribution in [0.3, 0.4) is 0 Å². The van der Waals surface area contributed by atoms with Crippen LogP contribution in [0.4, 0.5) is 5.00 Å². The fraction of sp³-hybridized carbons (Fsp3) is 0.625. The maximum Gasteiger partial charge on any atom is 0.110 e. The molecule has 0 aliphatic heterocycles. The number of aromatic nitrogens is 1. The van der Waals surface area contributed by atoms with Gasteiger partial charge in [-0.3, -0.25) is 0 Å². The molecule has 0 saturated carbocycles. The average molecular weight is 170 g/mol. The van der Waals surface area contributed by atoms with Crippen LogP contribution in [0, 0.1) is 0 Å². The predicted octanol–water partition coefficient (Wildman–Crippen LogP) is 2.41. The van der Waals surface area contributed by atoms with Gasteiger partial charge in [0, 0.05) is 0 Å². The van der Waals surface area contributed by atoms with Crippen molar-refractivity contribution in [3.05, 3.63) is 10.7 Å². The van der Waals surface area contributed by atoms with Gasteiger partial charge in [-0.1, -0.05) is 20.8 Å². The van der Waals surface area contributed by atoms with Crippen LogP contribution in [0.25, 0.3) is 0 Å². The summed E-state index contributed by atoms with van der Waals surface area (Å²) in [5, 5.41) is 2.03. The number of hydrogen-bond acceptors (Lipinski definition) is 3. The molecule has 0 bridgehead atoms.